The molecule has 22 heavy (non-hydrogen) atoms. The van der Waals surface area contributed by atoms with E-state index in [2.05, 4.69) is 5.10 Å². The van der Waals surface area contributed by atoms with Gasteiger partial charge in [-0.1, -0.05) is 30.3 Å². The molecule has 1 amide bonds. The minimum absolute atomic E-state index is 0.162. The number of carbonyl (C=O) groups excluding carboxylic acids is 1. The van der Waals surface area contributed by atoms with Gasteiger partial charge in [0.15, 0.2) is 0 Å². The molecule has 6 nitrogen and oxygen atoms in total. The highest BCUT2D eigenvalue weighted by Gasteiger charge is 2.20. The van der Waals surface area contributed by atoms with Crippen molar-refractivity contribution in [1.29, 1.82) is 0 Å². The fraction of sp³-hybridized carbons (Fsp3) is 0.312. The molecule has 2 heterocycles. The third-order valence-electron chi connectivity index (χ3n) is 3.56. The molecular weight excluding hydrogens is 282 g/mol. The van der Waals surface area contributed by atoms with Crippen LogP contribution in [0.15, 0.2) is 47.3 Å². The molecular formula is C16H17N3O3. The largest absolute Gasteiger partial charge is 0.378 e. The zero-order chi connectivity index (χ0) is 15.4. The highest BCUT2D eigenvalue weighted by Crippen LogP contribution is 2.05. The van der Waals surface area contributed by atoms with Crippen LogP contribution in [0.5, 0.6) is 0 Å². The Morgan fingerprint density at radius 2 is 1.82 bits per heavy atom. The molecule has 0 radical (unpaired) electrons. The van der Waals surface area contributed by atoms with Gasteiger partial charge in [-0.2, -0.15) is 5.10 Å². The van der Waals surface area contributed by atoms with Crippen LogP contribution in [0.3, 0.4) is 0 Å². The number of amides is 1. The van der Waals surface area contributed by atoms with E-state index in [1.54, 1.807) is 4.90 Å². The molecule has 0 spiro atoms. The fourth-order valence-corrected chi connectivity index (χ4v) is 2.36. The normalized spacial score (nSPS) is 14.8. The van der Waals surface area contributed by atoms with Crippen LogP contribution >= 0.6 is 0 Å². The van der Waals surface area contributed by atoms with Gasteiger partial charge in [-0.15, -0.1) is 0 Å². The molecule has 0 saturated carbocycles. The molecule has 1 aliphatic heterocycles. The predicted molar refractivity (Wildman–Crippen MR) is 80.8 cm³/mol. The van der Waals surface area contributed by atoms with Gasteiger partial charge in [0.1, 0.15) is 5.69 Å². The van der Waals surface area contributed by atoms with E-state index in [-0.39, 0.29) is 17.2 Å². The lowest BCUT2D eigenvalue weighted by atomic mass is 10.2. The topological polar surface area (TPSA) is 64.4 Å². The Labute approximate surface area is 127 Å². The first-order valence-corrected chi connectivity index (χ1v) is 7.23. The van der Waals surface area contributed by atoms with Crippen LogP contribution in [-0.4, -0.2) is 46.9 Å². The molecule has 1 fully saturated rings. The maximum absolute atomic E-state index is 12.4. The lowest BCUT2D eigenvalue weighted by Gasteiger charge is -2.26. The summed E-state index contributed by atoms with van der Waals surface area (Å²) in [5.41, 5.74) is 1.04. The number of ether oxygens (including phenoxy) is 1. The summed E-state index contributed by atoms with van der Waals surface area (Å²) in [7, 11) is 0. The van der Waals surface area contributed by atoms with Crippen molar-refractivity contribution in [1.82, 2.24) is 14.7 Å². The molecule has 3 rings (SSSR count). The third-order valence-corrected chi connectivity index (χ3v) is 3.56. The number of benzene rings is 1. The highest BCUT2D eigenvalue weighted by atomic mass is 16.5. The number of hydrogen-bond donors (Lipinski definition) is 0. The lowest BCUT2D eigenvalue weighted by Crippen LogP contribution is -2.41. The van der Waals surface area contributed by atoms with Crippen molar-refractivity contribution in [3.8, 4) is 0 Å². The van der Waals surface area contributed by atoms with Crippen molar-refractivity contribution in [3.05, 3.63) is 64.1 Å². The molecule has 1 aliphatic rings. The summed E-state index contributed by atoms with van der Waals surface area (Å²) in [6, 6.07) is 12.4. The average molecular weight is 299 g/mol. The summed E-state index contributed by atoms with van der Waals surface area (Å²) in [5, 5.41) is 4.21. The zero-order valence-electron chi connectivity index (χ0n) is 12.1. The molecule has 0 N–H and O–H groups in total. The summed E-state index contributed by atoms with van der Waals surface area (Å²) in [6.45, 7) is 2.53. The number of aromatic nitrogens is 2. The molecule has 0 aliphatic carbocycles. The van der Waals surface area contributed by atoms with Gasteiger partial charge in [0, 0.05) is 19.2 Å². The van der Waals surface area contributed by atoms with Gasteiger partial charge in [0.25, 0.3) is 11.5 Å². The number of carbonyl (C=O) groups is 1. The third kappa shape index (κ3) is 3.23. The summed E-state index contributed by atoms with van der Waals surface area (Å²) in [4.78, 5) is 26.0. The molecule has 1 aromatic heterocycles. The van der Waals surface area contributed by atoms with Gasteiger partial charge >= 0.3 is 0 Å². The number of morpholine rings is 1. The first-order chi connectivity index (χ1) is 10.7. The Balaban J connectivity index is 1.83. The van der Waals surface area contributed by atoms with Gasteiger partial charge in [0.05, 0.1) is 19.8 Å². The van der Waals surface area contributed by atoms with E-state index in [1.807, 2.05) is 30.3 Å². The van der Waals surface area contributed by atoms with Crippen LogP contribution in [-0.2, 0) is 11.3 Å². The van der Waals surface area contributed by atoms with Gasteiger partial charge in [-0.3, -0.25) is 9.59 Å². The summed E-state index contributed by atoms with van der Waals surface area (Å²) in [6.07, 6.45) is 0. The van der Waals surface area contributed by atoms with Crippen LogP contribution in [0, 0.1) is 0 Å². The van der Waals surface area contributed by atoms with Crippen molar-refractivity contribution in [2.45, 2.75) is 6.54 Å². The van der Waals surface area contributed by atoms with Gasteiger partial charge < -0.3 is 9.64 Å². The summed E-state index contributed by atoms with van der Waals surface area (Å²) < 4.78 is 6.56. The van der Waals surface area contributed by atoms with Crippen molar-refractivity contribution >= 4 is 5.91 Å². The van der Waals surface area contributed by atoms with Crippen LogP contribution in [0.2, 0.25) is 0 Å². The summed E-state index contributed by atoms with van der Waals surface area (Å²) >= 11 is 0. The quantitative estimate of drug-likeness (QED) is 0.839. The molecule has 114 valence electrons. The SMILES string of the molecule is O=C(c1ccc(=O)n(Cc2ccccc2)n1)N1CCOCC1. The Bertz CT molecular complexity index is 706. The monoisotopic (exact) mass is 299 g/mol. The van der Waals surface area contributed by atoms with E-state index >= 15 is 0 Å². The maximum atomic E-state index is 12.4. The van der Waals surface area contributed by atoms with Crippen molar-refractivity contribution in [3.63, 3.8) is 0 Å². The Hall–Kier alpha value is -2.47. The lowest BCUT2D eigenvalue weighted by molar-refractivity contribution is 0.0297. The van der Waals surface area contributed by atoms with E-state index in [9.17, 15) is 9.59 Å². The van der Waals surface area contributed by atoms with Gasteiger partial charge in [-0.25, -0.2) is 4.68 Å². The van der Waals surface area contributed by atoms with Crippen LogP contribution < -0.4 is 5.56 Å². The van der Waals surface area contributed by atoms with Gasteiger partial charge in [0.2, 0.25) is 0 Å². The molecule has 2 aromatic rings. The molecule has 6 heteroatoms. The Morgan fingerprint density at radius 1 is 1.09 bits per heavy atom. The zero-order valence-corrected chi connectivity index (χ0v) is 12.1. The molecule has 0 bridgehead atoms. The second-order valence-corrected chi connectivity index (χ2v) is 5.10. The minimum Gasteiger partial charge on any atom is -0.378 e. The standard InChI is InChI=1S/C16H17N3O3/c20-15-7-6-14(16(21)18-8-10-22-11-9-18)17-19(15)12-13-4-2-1-3-5-13/h1-7H,8-12H2. The number of rotatable bonds is 3. The minimum atomic E-state index is -0.220. The smallest absolute Gasteiger partial charge is 0.274 e. The number of nitrogens with zero attached hydrogens (tertiary/aromatic N) is 3. The van der Waals surface area contributed by atoms with E-state index < -0.39 is 0 Å². The molecule has 1 saturated heterocycles. The predicted octanol–water partition coefficient (Wildman–Crippen LogP) is 0.764. The molecule has 0 atom stereocenters. The number of hydrogen-bond acceptors (Lipinski definition) is 4. The highest BCUT2D eigenvalue weighted by molar-refractivity contribution is 5.92. The van der Waals surface area contributed by atoms with Gasteiger partial charge in [-0.05, 0) is 11.6 Å². The van der Waals surface area contributed by atoms with E-state index in [1.165, 1.54) is 16.8 Å². The first kappa shape index (κ1) is 14.5. The second kappa shape index (κ2) is 6.53. The van der Waals surface area contributed by atoms with Crippen molar-refractivity contribution < 1.29 is 9.53 Å². The molecule has 1 aromatic carbocycles. The maximum Gasteiger partial charge on any atom is 0.274 e. The van der Waals surface area contributed by atoms with E-state index in [0.717, 1.165) is 5.56 Å². The summed E-state index contributed by atoms with van der Waals surface area (Å²) in [5.74, 6) is -0.162. The van der Waals surface area contributed by atoms with E-state index in [4.69, 9.17) is 4.74 Å². The second-order valence-electron chi connectivity index (χ2n) is 5.10. The Kier molecular flexibility index (Phi) is 4.29. The van der Waals surface area contributed by atoms with Crippen LogP contribution in [0.1, 0.15) is 16.1 Å². The van der Waals surface area contributed by atoms with Crippen LogP contribution in [0.4, 0.5) is 0 Å². The van der Waals surface area contributed by atoms with Crippen molar-refractivity contribution in [2.75, 3.05) is 26.3 Å². The Morgan fingerprint density at radius 3 is 2.55 bits per heavy atom. The average Bonchev–Trinajstić information content (AvgIpc) is 2.58. The fourth-order valence-electron chi connectivity index (χ4n) is 2.36. The molecule has 0 unspecified atom stereocenters. The first-order valence-electron chi connectivity index (χ1n) is 7.23. The van der Waals surface area contributed by atoms with Crippen LogP contribution in [0.25, 0.3) is 0 Å². The van der Waals surface area contributed by atoms with E-state index in [0.29, 0.717) is 32.8 Å². The van der Waals surface area contributed by atoms with Crippen molar-refractivity contribution in [2.24, 2.45) is 0 Å².